The summed E-state index contributed by atoms with van der Waals surface area (Å²) in [5, 5.41) is 4.20. The van der Waals surface area contributed by atoms with Crippen molar-refractivity contribution in [1.29, 1.82) is 0 Å². The smallest absolute Gasteiger partial charge is 0.268 e. The van der Waals surface area contributed by atoms with Gasteiger partial charge in [0.25, 0.3) is 5.91 Å². The number of para-hydroxylation sites is 2. The molecule has 2 heterocycles. The van der Waals surface area contributed by atoms with Gasteiger partial charge in [-0.15, -0.1) is 5.10 Å². The van der Waals surface area contributed by atoms with Crippen LogP contribution in [0.25, 0.3) is 11.3 Å². The van der Waals surface area contributed by atoms with Gasteiger partial charge in [-0.2, -0.15) is 0 Å². The van der Waals surface area contributed by atoms with Crippen LogP contribution in [0.15, 0.2) is 48.5 Å². The van der Waals surface area contributed by atoms with Crippen molar-refractivity contribution in [2.45, 2.75) is 0 Å². The zero-order valence-electron chi connectivity index (χ0n) is 16.4. The lowest BCUT2D eigenvalue weighted by atomic mass is 10.1. The minimum atomic E-state index is -0.0227. The van der Waals surface area contributed by atoms with Crippen molar-refractivity contribution in [2.75, 3.05) is 45.3 Å². The molecule has 1 fully saturated rings. The molecule has 0 unspecified atom stereocenters. The number of ether oxygens (including phenoxy) is 2. The second-order valence-corrected chi connectivity index (χ2v) is 7.38. The van der Waals surface area contributed by atoms with Gasteiger partial charge in [-0.1, -0.05) is 16.6 Å². The van der Waals surface area contributed by atoms with E-state index in [0.29, 0.717) is 23.7 Å². The molecule has 7 nitrogen and oxygen atoms in total. The van der Waals surface area contributed by atoms with Crippen molar-refractivity contribution in [1.82, 2.24) is 14.5 Å². The maximum atomic E-state index is 13.1. The van der Waals surface area contributed by atoms with Crippen LogP contribution in [0.2, 0.25) is 0 Å². The third-order valence-electron chi connectivity index (χ3n) is 5.04. The molecule has 8 heteroatoms. The van der Waals surface area contributed by atoms with Crippen LogP contribution in [-0.2, 0) is 0 Å². The molecule has 0 spiro atoms. The number of benzene rings is 2. The Morgan fingerprint density at radius 3 is 2.38 bits per heavy atom. The Balaban J connectivity index is 1.47. The second kappa shape index (κ2) is 8.48. The van der Waals surface area contributed by atoms with E-state index in [1.54, 1.807) is 14.2 Å². The van der Waals surface area contributed by atoms with Gasteiger partial charge in [0.2, 0.25) is 0 Å². The summed E-state index contributed by atoms with van der Waals surface area (Å²) in [5.74, 6) is 1.59. The Morgan fingerprint density at radius 1 is 0.966 bits per heavy atom. The fraction of sp³-hybridized carbons (Fsp3) is 0.286. The number of hydrogen-bond acceptors (Lipinski definition) is 7. The summed E-state index contributed by atoms with van der Waals surface area (Å²) < 4.78 is 14.7. The van der Waals surface area contributed by atoms with Crippen molar-refractivity contribution in [3.63, 3.8) is 0 Å². The maximum Gasteiger partial charge on any atom is 0.268 e. The molecule has 0 radical (unpaired) electrons. The van der Waals surface area contributed by atoms with E-state index in [1.807, 2.05) is 53.4 Å². The Morgan fingerprint density at radius 2 is 1.69 bits per heavy atom. The first-order chi connectivity index (χ1) is 14.2. The minimum Gasteiger partial charge on any atom is -0.497 e. The Bertz CT molecular complexity index is 982. The molecule has 2 aromatic carbocycles. The summed E-state index contributed by atoms with van der Waals surface area (Å²) in [6.45, 7) is 2.76. The Kier molecular flexibility index (Phi) is 5.62. The zero-order chi connectivity index (χ0) is 20.2. The molecule has 29 heavy (non-hydrogen) atoms. The normalized spacial score (nSPS) is 14.0. The molecule has 0 N–H and O–H groups in total. The van der Waals surface area contributed by atoms with Crippen LogP contribution in [-0.4, -0.2) is 60.8 Å². The number of nitrogens with zero attached hydrogens (tertiary/aromatic N) is 4. The van der Waals surface area contributed by atoms with E-state index in [9.17, 15) is 4.79 Å². The molecule has 1 saturated heterocycles. The first-order valence-electron chi connectivity index (χ1n) is 9.35. The van der Waals surface area contributed by atoms with Gasteiger partial charge in [-0.3, -0.25) is 4.79 Å². The van der Waals surface area contributed by atoms with Gasteiger partial charge in [0, 0.05) is 31.7 Å². The highest BCUT2D eigenvalue weighted by molar-refractivity contribution is 7.08. The van der Waals surface area contributed by atoms with Gasteiger partial charge in [0.05, 0.1) is 19.9 Å². The number of carbonyl (C=O) groups is 1. The van der Waals surface area contributed by atoms with Gasteiger partial charge < -0.3 is 19.3 Å². The standard InChI is InChI=1S/C21H22N4O3S/c1-27-16-9-7-15(8-10-16)19-20(29-23-22-19)21(26)25-13-11-24(12-14-25)17-5-3-4-6-18(17)28-2/h3-10H,11-14H2,1-2H3. The monoisotopic (exact) mass is 410 g/mol. The van der Waals surface area contributed by atoms with Gasteiger partial charge in [0.15, 0.2) is 0 Å². The average molecular weight is 410 g/mol. The van der Waals surface area contributed by atoms with Gasteiger partial charge in [-0.05, 0) is 47.9 Å². The summed E-state index contributed by atoms with van der Waals surface area (Å²) in [4.78, 5) is 17.8. The molecular weight excluding hydrogens is 388 g/mol. The molecule has 1 amide bonds. The van der Waals surface area contributed by atoms with Crippen molar-refractivity contribution in [3.05, 3.63) is 53.4 Å². The first kappa shape index (κ1) is 19.2. The number of hydrogen-bond donors (Lipinski definition) is 0. The number of aromatic nitrogens is 2. The maximum absolute atomic E-state index is 13.1. The molecule has 0 atom stereocenters. The second-order valence-electron chi connectivity index (χ2n) is 6.63. The number of methoxy groups -OCH3 is 2. The highest BCUT2D eigenvalue weighted by Gasteiger charge is 2.27. The molecular formula is C21H22N4O3S. The van der Waals surface area contributed by atoms with Crippen LogP contribution in [0.5, 0.6) is 11.5 Å². The van der Waals surface area contributed by atoms with E-state index < -0.39 is 0 Å². The summed E-state index contributed by atoms with van der Waals surface area (Å²) in [6.07, 6.45) is 0. The summed E-state index contributed by atoms with van der Waals surface area (Å²) in [6, 6.07) is 15.5. The first-order valence-corrected chi connectivity index (χ1v) is 10.1. The number of carbonyl (C=O) groups excluding carboxylic acids is 1. The lowest BCUT2D eigenvalue weighted by Gasteiger charge is -2.36. The van der Waals surface area contributed by atoms with Crippen LogP contribution >= 0.6 is 11.5 Å². The summed E-state index contributed by atoms with van der Waals surface area (Å²) >= 11 is 1.14. The van der Waals surface area contributed by atoms with Gasteiger partial charge in [0.1, 0.15) is 22.1 Å². The molecule has 1 aromatic heterocycles. The topological polar surface area (TPSA) is 67.8 Å². The highest BCUT2D eigenvalue weighted by Crippen LogP contribution is 2.30. The van der Waals surface area contributed by atoms with Crippen LogP contribution in [0, 0.1) is 0 Å². The average Bonchev–Trinajstić information content (AvgIpc) is 3.28. The predicted molar refractivity (Wildman–Crippen MR) is 113 cm³/mol. The lowest BCUT2D eigenvalue weighted by molar-refractivity contribution is 0.0752. The third-order valence-corrected chi connectivity index (χ3v) is 5.75. The number of piperazine rings is 1. The fourth-order valence-corrected chi connectivity index (χ4v) is 4.11. The van der Waals surface area contributed by atoms with Crippen LogP contribution < -0.4 is 14.4 Å². The van der Waals surface area contributed by atoms with Crippen LogP contribution in [0.3, 0.4) is 0 Å². The molecule has 0 saturated carbocycles. The Hall–Kier alpha value is -3.13. The third kappa shape index (κ3) is 3.88. The lowest BCUT2D eigenvalue weighted by Crippen LogP contribution is -2.48. The molecule has 1 aliphatic rings. The molecule has 4 rings (SSSR count). The molecule has 150 valence electrons. The van der Waals surface area contributed by atoms with Crippen LogP contribution in [0.4, 0.5) is 5.69 Å². The van der Waals surface area contributed by atoms with Crippen molar-refractivity contribution in [2.24, 2.45) is 0 Å². The zero-order valence-corrected chi connectivity index (χ0v) is 17.2. The quantitative estimate of drug-likeness (QED) is 0.644. The van der Waals surface area contributed by atoms with Crippen LogP contribution in [0.1, 0.15) is 9.67 Å². The van der Waals surface area contributed by atoms with Gasteiger partial charge >= 0.3 is 0 Å². The molecule has 3 aromatic rings. The van der Waals surface area contributed by atoms with E-state index in [1.165, 1.54) is 0 Å². The van der Waals surface area contributed by atoms with Crippen molar-refractivity contribution in [3.8, 4) is 22.8 Å². The molecule has 0 bridgehead atoms. The highest BCUT2D eigenvalue weighted by atomic mass is 32.1. The van der Waals surface area contributed by atoms with Crippen molar-refractivity contribution < 1.29 is 14.3 Å². The van der Waals surface area contributed by atoms with E-state index in [0.717, 1.165) is 47.4 Å². The van der Waals surface area contributed by atoms with E-state index in [2.05, 4.69) is 14.5 Å². The number of rotatable bonds is 5. The fourth-order valence-electron chi connectivity index (χ4n) is 3.45. The largest absolute Gasteiger partial charge is 0.497 e. The minimum absolute atomic E-state index is 0.0227. The molecule has 1 aliphatic heterocycles. The van der Waals surface area contributed by atoms with Crippen molar-refractivity contribution >= 4 is 23.1 Å². The SMILES string of the molecule is COc1ccc(-c2nnsc2C(=O)N2CCN(c3ccccc3OC)CC2)cc1. The number of anilines is 1. The summed E-state index contributed by atoms with van der Waals surface area (Å²) in [7, 11) is 3.30. The summed E-state index contributed by atoms with van der Waals surface area (Å²) in [5.41, 5.74) is 2.53. The van der Waals surface area contributed by atoms with Gasteiger partial charge in [-0.25, -0.2) is 0 Å². The van der Waals surface area contributed by atoms with E-state index in [-0.39, 0.29) is 5.91 Å². The van der Waals surface area contributed by atoms with E-state index in [4.69, 9.17) is 9.47 Å². The molecule has 0 aliphatic carbocycles. The Labute approximate surface area is 173 Å². The van der Waals surface area contributed by atoms with E-state index >= 15 is 0 Å². The number of amides is 1. The predicted octanol–water partition coefficient (Wildman–Crippen LogP) is 3.18.